The summed E-state index contributed by atoms with van der Waals surface area (Å²) in [6.07, 6.45) is 1.12. The molecule has 140 valence electrons. The number of carbonyl (C=O) groups excluding carboxylic acids is 3. The topological polar surface area (TPSA) is 141 Å². The molecule has 3 saturated heterocycles. The summed E-state index contributed by atoms with van der Waals surface area (Å²) < 4.78 is -1.12. The van der Waals surface area contributed by atoms with E-state index >= 15 is 0 Å². The number of rotatable bonds is 3. The van der Waals surface area contributed by atoms with Crippen LogP contribution in [-0.4, -0.2) is 77.7 Å². The van der Waals surface area contributed by atoms with E-state index in [0.717, 1.165) is 0 Å². The fourth-order valence-corrected chi connectivity index (χ4v) is 8.79. The van der Waals surface area contributed by atoms with Crippen LogP contribution in [0.5, 0.6) is 0 Å². The maximum Gasteiger partial charge on any atom is 0.327 e. The van der Waals surface area contributed by atoms with Crippen LogP contribution in [0.15, 0.2) is 0 Å². The van der Waals surface area contributed by atoms with Crippen molar-refractivity contribution in [2.24, 2.45) is 5.73 Å². The standard InChI is InChI=1S/C15H23N3O6S/c1-15(2)11(13(22)23)18-9(20)6-10(18)25(15,7-19)14(24)17-5-3-4-8(17)12(16)21/h8,10-11,19H,3-7H2,1-2H3,(H2,16,21)(H,22,23)/t8-,10+,11-/m0/s1. The van der Waals surface area contributed by atoms with Crippen LogP contribution in [0.1, 0.15) is 33.1 Å². The van der Waals surface area contributed by atoms with Gasteiger partial charge in [0.25, 0.3) is 5.24 Å². The molecule has 3 aliphatic rings. The molecule has 1 unspecified atom stereocenters. The van der Waals surface area contributed by atoms with Crippen molar-refractivity contribution < 1.29 is 29.4 Å². The van der Waals surface area contributed by atoms with Crippen LogP contribution in [0.2, 0.25) is 0 Å². The summed E-state index contributed by atoms with van der Waals surface area (Å²) in [7, 11) is -2.62. The van der Waals surface area contributed by atoms with Crippen LogP contribution in [0, 0.1) is 0 Å². The van der Waals surface area contributed by atoms with Crippen molar-refractivity contribution >= 4 is 33.1 Å². The molecule has 9 nitrogen and oxygen atoms in total. The second-order valence-electron chi connectivity index (χ2n) is 7.25. The van der Waals surface area contributed by atoms with Crippen molar-refractivity contribution in [3.05, 3.63) is 0 Å². The summed E-state index contributed by atoms with van der Waals surface area (Å²) in [4.78, 5) is 51.6. The second kappa shape index (κ2) is 5.60. The Balaban J connectivity index is 2.07. The minimum Gasteiger partial charge on any atom is -0.480 e. The molecule has 3 amide bonds. The van der Waals surface area contributed by atoms with E-state index in [2.05, 4.69) is 0 Å². The molecule has 4 N–H and O–H groups in total. The molecule has 0 aromatic rings. The summed E-state index contributed by atoms with van der Waals surface area (Å²) >= 11 is 0. The summed E-state index contributed by atoms with van der Waals surface area (Å²) in [5, 5.41) is 18.9. The predicted molar refractivity (Wildman–Crippen MR) is 89.7 cm³/mol. The van der Waals surface area contributed by atoms with Crippen molar-refractivity contribution in [3.63, 3.8) is 0 Å². The van der Waals surface area contributed by atoms with Gasteiger partial charge < -0.3 is 25.7 Å². The van der Waals surface area contributed by atoms with E-state index in [0.29, 0.717) is 19.4 Å². The lowest BCUT2D eigenvalue weighted by Gasteiger charge is -2.51. The average molecular weight is 373 g/mol. The SMILES string of the molecule is CC1(C)[C@H](C(=O)O)N2C(=O)C[C@H]2S1(CO)C(=O)N1CCC[C@H]1C(N)=O. The molecule has 0 bridgehead atoms. The highest BCUT2D eigenvalue weighted by Gasteiger charge is 2.72. The van der Waals surface area contributed by atoms with Gasteiger partial charge in [0, 0.05) is 11.3 Å². The number of primary amides is 1. The molecule has 10 heteroatoms. The Bertz CT molecular complexity index is 668. The number of carbonyl (C=O) groups is 4. The summed E-state index contributed by atoms with van der Waals surface area (Å²) in [5.74, 6) is -2.63. The number of carboxylic acids is 1. The Labute approximate surface area is 146 Å². The maximum atomic E-state index is 13.5. The van der Waals surface area contributed by atoms with E-state index in [9.17, 15) is 29.4 Å². The molecule has 4 atom stereocenters. The number of nitrogens with two attached hydrogens (primary N) is 1. The van der Waals surface area contributed by atoms with E-state index in [-0.39, 0.29) is 12.3 Å². The number of nitrogens with zero attached hydrogens (tertiary/aromatic N) is 2. The van der Waals surface area contributed by atoms with Crippen LogP contribution in [-0.2, 0) is 14.4 Å². The average Bonchev–Trinajstić information content (AvgIpc) is 3.06. The van der Waals surface area contributed by atoms with Gasteiger partial charge in [0.2, 0.25) is 11.8 Å². The molecule has 0 radical (unpaired) electrons. The van der Waals surface area contributed by atoms with Gasteiger partial charge in [0.1, 0.15) is 12.1 Å². The van der Waals surface area contributed by atoms with Crippen molar-refractivity contribution in [1.82, 2.24) is 9.80 Å². The monoisotopic (exact) mass is 373 g/mol. The molecule has 3 rings (SSSR count). The highest BCUT2D eigenvalue weighted by Crippen LogP contribution is 2.74. The summed E-state index contributed by atoms with van der Waals surface area (Å²) in [6, 6.07) is -1.91. The van der Waals surface area contributed by atoms with Crippen LogP contribution in [0.4, 0.5) is 4.79 Å². The lowest BCUT2D eigenvalue weighted by Crippen LogP contribution is -2.57. The zero-order valence-corrected chi connectivity index (χ0v) is 15.0. The number of carboxylic acid groups (broad SMARTS) is 1. The van der Waals surface area contributed by atoms with Crippen molar-refractivity contribution in [1.29, 1.82) is 0 Å². The van der Waals surface area contributed by atoms with E-state index in [1.54, 1.807) is 13.8 Å². The van der Waals surface area contributed by atoms with Crippen LogP contribution < -0.4 is 5.73 Å². The third-order valence-corrected chi connectivity index (χ3v) is 10.5. The van der Waals surface area contributed by atoms with Gasteiger partial charge in [0.15, 0.2) is 0 Å². The van der Waals surface area contributed by atoms with E-state index < -0.39 is 55.3 Å². The molecule has 0 spiro atoms. The van der Waals surface area contributed by atoms with Gasteiger partial charge in [-0.15, -0.1) is 10.0 Å². The lowest BCUT2D eigenvalue weighted by molar-refractivity contribution is -0.157. The molecule has 3 fully saturated rings. The number of hydrogen-bond acceptors (Lipinski definition) is 5. The molecule has 0 saturated carbocycles. The molecule has 0 aliphatic carbocycles. The van der Waals surface area contributed by atoms with Gasteiger partial charge in [-0.3, -0.25) is 14.4 Å². The minimum absolute atomic E-state index is 0.0456. The van der Waals surface area contributed by atoms with Gasteiger partial charge in [0.05, 0.1) is 17.7 Å². The Morgan fingerprint density at radius 2 is 2.00 bits per heavy atom. The predicted octanol–water partition coefficient (Wildman–Crippen LogP) is -0.386. The van der Waals surface area contributed by atoms with Crippen molar-refractivity contribution in [3.8, 4) is 0 Å². The largest absolute Gasteiger partial charge is 0.480 e. The number of fused-ring (bicyclic) bond motifs is 1. The highest BCUT2D eigenvalue weighted by atomic mass is 32.3. The molecule has 3 aliphatic heterocycles. The summed E-state index contributed by atoms with van der Waals surface area (Å²) in [5.41, 5.74) is 5.41. The maximum absolute atomic E-state index is 13.5. The highest BCUT2D eigenvalue weighted by molar-refractivity contribution is 8.46. The van der Waals surface area contributed by atoms with Gasteiger partial charge in [-0.05, 0) is 26.7 Å². The Kier molecular flexibility index (Phi) is 4.03. The number of likely N-dealkylation sites (tertiary alicyclic amines) is 1. The number of β-lactam (4-membered cyclic amide) rings is 1. The van der Waals surface area contributed by atoms with E-state index in [1.165, 1.54) is 9.80 Å². The zero-order chi connectivity index (χ0) is 18.7. The molecular formula is C15H23N3O6S. The third kappa shape index (κ3) is 2.06. The summed E-state index contributed by atoms with van der Waals surface area (Å²) in [6.45, 7) is 3.59. The van der Waals surface area contributed by atoms with Gasteiger partial charge in [-0.2, -0.15) is 0 Å². The quantitative estimate of drug-likeness (QED) is 0.576. The fourth-order valence-electron chi connectivity index (χ4n) is 4.49. The van der Waals surface area contributed by atoms with Crippen molar-refractivity contribution in [2.45, 2.75) is 55.3 Å². The first-order valence-electron chi connectivity index (χ1n) is 8.15. The first kappa shape index (κ1) is 18.0. The lowest BCUT2D eigenvalue weighted by atomic mass is 9.98. The minimum atomic E-state index is -2.62. The smallest absolute Gasteiger partial charge is 0.327 e. The number of hydrogen-bond donors (Lipinski definition) is 3. The van der Waals surface area contributed by atoms with Crippen LogP contribution in [0.3, 0.4) is 0 Å². The first-order chi connectivity index (χ1) is 11.6. The van der Waals surface area contributed by atoms with E-state index in [1.807, 2.05) is 0 Å². The number of aliphatic hydroxyl groups excluding tert-OH is 1. The normalized spacial score (nSPS) is 38.7. The number of aliphatic carboxylic acids is 1. The zero-order valence-electron chi connectivity index (χ0n) is 14.2. The first-order valence-corrected chi connectivity index (χ1v) is 10.0. The van der Waals surface area contributed by atoms with Crippen LogP contribution in [0.25, 0.3) is 0 Å². The third-order valence-electron chi connectivity index (χ3n) is 5.85. The second-order valence-corrected chi connectivity index (χ2v) is 11.0. The van der Waals surface area contributed by atoms with Gasteiger partial charge in [-0.25, -0.2) is 4.79 Å². The molecule has 25 heavy (non-hydrogen) atoms. The Morgan fingerprint density at radius 3 is 2.44 bits per heavy atom. The number of amides is 3. The molecular weight excluding hydrogens is 350 g/mol. The van der Waals surface area contributed by atoms with E-state index in [4.69, 9.17) is 5.73 Å². The number of aliphatic hydroxyl groups is 1. The Hall–Kier alpha value is -1.81. The molecule has 0 aromatic heterocycles. The Morgan fingerprint density at radius 1 is 1.36 bits per heavy atom. The van der Waals surface area contributed by atoms with Gasteiger partial charge in [-0.1, -0.05) is 0 Å². The van der Waals surface area contributed by atoms with Gasteiger partial charge >= 0.3 is 5.97 Å². The van der Waals surface area contributed by atoms with Crippen molar-refractivity contribution in [2.75, 3.05) is 12.5 Å². The molecule has 3 heterocycles. The fraction of sp³-hybridized carbons (Fsp3) is 0.733. The molecule has 0 aromatic carbocycles. The van der Waals surface area contributed by atoms with Crippen LogP contribution >= 0.6 is 10.0 Å².